The van der Waals surface area contributed by atoms with Crippen LogP contribution in [0.25, 0.3) is 0 Å². The average Bonchev–Trinajstić information content (AvgIpc) is 2.60. The lowest BCUT2D eigenvalue weighted by atomic mass is 10.0. The molecule has 0 spiro atoms. The van der Waals surface area contributed by atoms with E-state index in [0.717, 1.165) is 15.6 Å². The first-order valence-electron chi connectivity index (χ1n) is 7.95. The SMILES string of the molecule is Cc1cc(OCC(=O)NNC(=O)c2ccc(C(C)C)cc2)ccc1Br. The van der Waals surface area contributed by atoms with Crippen molar-refractivity contribution < 1.29 is 14.3 Å². The van der Waals surface area contributed by atoms with Crippen LogP contribution in [0, 0.1) is 6.92 Å². The summed E-state index contributed by atoms with van der Waals surface area (Å²) >= 11 is 3.40. The van der Waals surface area contributed by atoms with Crippen LogP contribution in [0.3, 0.4) is 0 Å². The zero-order chi connectivity index (χ0) is 18.4. The van der Waals surface area contributed by atoms with Gasteiger partial charge in [0.25, 0.3) is 11.8 Å². The summed E-state index contributed by atoms with van der Waals surface area (Å²) < 4.78 is 6.37. The highest BCUT2D eigenvalue weighted by Crippen LogP contribution is 2.21. The number of carbonyl (C=O) groups is 2. The number of halogens is 1. The molecule has 0 aromatic heterocycles. The van der Waals surface area contributed by atoms with Gasteiger partial charge in [-0.25, -0.2) is 0 Å². The number of benzene rings is 2. The summed E-state index contributed by atoms with van der Waals surface area (Å²) in [5.74, 6) is 0.179. The van der Waals surface area contributed by atoms with Crippen LogP contribution in [-0.2, 0) is 4.79 Å². The van der Waals surface area contributed by atoms with Crippen molar-refractivity contribution in [1.29, 1.82) is 0 Å². The smallest absolute Gasteiger partial charge is 0.276 e. The topological polar surface area (TPSA) is 67.4 Å². The second-order valence-corrected chi connectivity index (χ2v) is 6.83. The Morgan fingerprint density at radius 3 is 2.36 bits per heavy atom. The van der Waals surface area contributed by atoms with Crippen LogP contribution in [0.4, 0.5) is 0 Å². The van der Waals surface area contributed by atoms with E-state index in [1.54, 1.807) is 18.2 Å². The minimum absolute atomic E-state index is 0.187. The standard InChI is InChI=1S/C19H21BrN2O3/c1-12(2)14-4-6-15(7-5-14)19(24)22-21-18(23)11-25-16-8-9-17(20)13(3)10-16/h4-10,12H,11H2,1-3H3,(H,21,23)(H,22,24). The predicted molar refractivity (Wildman–Crippen MR) is 101 cm³/mol. The lowest BCUT2D eigenvalue weighted by Gasteiger charge is -2.10. The second kappa shape index (κ2) is 8.67. The first kappa shape index (κ1) is 19.0. The molecule has 2 amide bonds. The van der Waals surface area contributed by atoms with Crippen LogP contribution in [-0.4, -0.2) is 18.4 Å². The number of aryl methyl sites for hydroxylation is 1. The van der Waals surface area contributed by atoms with E-state index in [-0.39, 0.29) is 12.5 Å². The maximum atomic E-state index is 12.0. The van der Waals surface area contributed by atoms with Crippen molar-refractivity contribution in [3.8, 4) is 5.75 Å². The number of rotatable bonds is 5. The van der Waals surface area contributed by atoms with Gasteiger partial charge >= 0.3 is 0 Å². The van der Waals surface area contributed by atoms with Gasteiger partial charge in [0.2, 0.25) is 0 Å². The maximum absolute atomic E-state index is 12.0. The van der Waals surface area contributed by atoms with Gasteiger partial charge in [-0.1, -0.05) is 41.9 Å². The number of ether oxygens (including phenoxy) is 1. The molecule has 2 N–H and O–H groups in total. The molecular weight excluding hydrogens is 384 g/mol. The van der Waals surface area contributed by atoms with Crippen molar-refractivity contribution in [2.75, 3.05) is 6.61 Å². The molecule has 0 aliphatic rings. The highest BCUT2D eigenvalue weighted by molar-refractivity contribution is 9.10. The van der Waals surface area contributed by atoms with Crippen molar-refractivity contribution in [1.82, 2.24) is 10.9 Å². The van der Waals surface area contributed by atoms with Crippen LogP contribution in [0.1, 0.15) is 41.3 Å². The molecule has 0 unspecified atom stereocenters. The Morgan fingerprint density at radius 1 is 1.08 bits per heavy atom. The van der Waals surface area contributed by atoms with Gasteiger partial charge in [0.15, 0.2) is 6.61 Å². The fourth-order valence-corrected chi connectivity index (χ4v) is 2.36. The van der Waals surface area contributed by atoms with Gasteiger partial charge in [-0.2, -0.15) is 0 Å². The van der Waals surface area contributed by atoms with Gasteiger partial charge in [0.1, 0.15) is 5.75 Å². The van der Waals surface area contributed by atoms with Crippen molar-refractivity contribution in [3.63, 3.8) is 0 Å². The van der Waals surface area contributed by atoms with E-state index in [1.807, 2.05) is 31.2 Å². The number of carbonyl (C=O) groups excluding carboxylic acids is 2. The molecule has 0 aliphatic heterocycles. The first-order valence-corrected chi connectivity index (χ1v) is 8.74. The zero-order valence-electron chi connectivity index (χ0n) is 14.4. The van der Waals surface area contributed by atoms with Crippen LogP contribution < -0.4 is 15.6 Å². The van der Waals surface area contributed by atoms with Gasteiger partial charge in [0.05, 0.1) is 0 Å². The first-order chi connectivity index (χ1) is 11.9. The number of hydrazine groups is 1. The lowest BCUT2D eigenvalue weighted by Crippen LogP contribution is -2.43. The molecule has 2 rings (SSSR count). The van der Waals surface area contributed by atoms with Gasteiger partial charge in [-0.3, -0.25) is 20.4 Å². The molecule has 0 fully saturated rings. The molecule has 0 saturated carbocycles. The number of nitrogens with one attached hydrogen (secondary N) is 2. The summed E-state index contributed by atoms with van der Waals surface area (Å²) in [4.78, 5) is 23.8. The molecular formula is C19H21BrN2O3. The number of hydrogen-bond donors (Lipinski definition) is 2. The quantitative estimate of drug-likeness (QED) is 0.746. The van der Waals surface area contributed by atoms with E-state index in [9.17, 15) is 9.59 Å². The number of hydrogen-bond acceptors (Lipinski definition) is 3. The normalized spacial score (nSPS) is 10.4. The summed E-state index contributed by atoms with van der Waals surface area (Å²) in [6, 6.07) is 12.7. The molecule has 0 bridgehead atoms. The molecule has 6 heteroatoms. The Kier molecular flexibility index (Phi) is 6.58. The Morgan fingerprint density at radius 2 is 1.76 bits per heavy atom. The summed E-state index contributed by atoms with van der Waals surface area (Å²) in [5, 5.41) is 0. The highest BCUT2D eigenvalue weighted by atomic mass is 79.9. The second-order valence-electron chi connectivity index (χ2n) is 5.98. The summed E-state index contributed by atoms with van der Waals surface area (Å²) in [5.41, 5.74) is 7.36. The average molecular weight is 405 g/mol. The van der Waals surface area contributed by atoms with Crippen molar-refractivity contribution in [2.24, 2.45) is 0 Å². The zero-order valence-corrected chi connectivity index (χ0v) is 16.0. The monoisotopic (exact) mass is 404 g/mol. The molecule has 5 nitrogen and oxygen atoms in total. The van der Waals surface area contributed by atoms with Crippen LogP contribution >= 0.6 is 15.9 Å². The summed E-state index contributed by atoms with van der Waals surface area (Å²) in [7, 11) is 0. The Bertz CT molecular complexity index is 758. The lowest BCUT2D eigenvalue weighted by molar-refractivity contribution is -0.123. The summed E-state index contributed by atoms with van der Waals surface area (Å²) in [6.45, 7) is 5.92. The molecule has 2 aromatic rings. The van der Waals surface area contributed by atoms with E-state index in [0.29, 0.717) is 17.2 Å². The third-order valence-electron chi connectivity index (χ3n) is 3.65. The van der Waals surface area contributed by atoms with Crippen molar-refractivity contribution >= 4 is 27.7 Å². The fourth-order valence-electron chi connectivity index (χ4n) is 2.11. The largest absolute Gasteiger partial charge is 0.484 e. The van der Waals surface area contributed by atoms with Crippen molar-refractivity contribution in [3.05, 3.63) is 63.6 Å². The van der Waals surface area contributed by atoms with Gasteiger partial charge < -0.3 is 4.74 Å². The van der Waals surface area contributed by atoms with Gasteiger partial charge in [0, 0.05) is 10.0 Å². The molecule has 0 radical (unpaired) electrons. The predicted octanol–water partition coefficient (Wildman–Crippen LogP) is 3.72. The van der Waals surface area contributed by atoms with E-state index >= 15 is 0 Å². The van der Waals surface area contributed by atoms with Gasteiger partial charge in [-0.05, 0) is 54.3 Å². The van der Waals surface area contributed by atoms with E-state index in [2.05, 4.69) is 40.6 Å². The molecule has 25 heavy (non-hydrogen) atoms. The van der Waals surface area contributed by atoms with Crippen molar-refractivity contribution in [2.45, 2.75) is 26.7 Å². The Hall–Kier alpha value is -2.34. The van der Waals surface area contributed by atoms with Crippen LogP contribution in [0.15, 0.2) is 46.9 Å². The summed E-state index contributed by atoms with van der Waals surface area (Å²) in [6.07, 6.45) is 0. The highest BCUT2D eigenvalue weighted by Gasteiger charge is 2.09. The molecule has 0 saturated heterocycles. The van der Waals surface area contributed by atoms with E-state index in [4.69, 9.17) is 4.74 Å². The number of amides is 2. The molecule has 132 valence electrons. The van der Waals surface area contributed by atoms with Gasteiger partial charge in [-0.15, -0.1) is 0 Å². The Labute approximate surface area is 155 Å². The minimum Gasteiger partial charge on any atom is -0.484 e. The fraction of sp³-hybridized carbons (Fsp3) is 0.263. The molecule has 0 aliphatic carbocycles. The van der Waals surface area contributed by atoms with Crippen LogP contribution in [0.2, 0.25) is 0 Å². The van der Waals surface area contributed by atoms with Crippen LogP contribution in [0.5, 0.6) is 5.75 Å². The molecule has 0 atom stereocenters. The third-order valence-corrected chi connectivity index (χ3v) is 4.54. The molecule has 2 aromatic carbocycles. The van der Waals surface area contributed by atoms with E-state index in [1.165, 1.54) is 0 Å². The Balaban J connectivity index is 1.80. The van der Waals surface area contributed by atoms with E-state index < -0.39 is 5.91 Å². The maximum Gasteiger partial charge on any atom is 0.276 e. The molecule has 0 heterocycles. The third kappa shape index (κ3) is 5.60. The minimum atomic E-state index is -0.437.